The average molecular weight is 342 g/mol. The lowest BCUT2D eigenvalue weighted by Gasteiger charge is -2.16. The largest absolute Gasteiger partial charge is 0.325 e. The number of rotatable bonds is 7. The molecule has 0 radical (unpaired) electrons. The zero-order valence-corrected chi connectivity index (χ0v) is 13.7. The molecular formula is C14H17Cl2N5O. The Labute approximate surface area is 139 Å². The predicted molar refractivity (Wildman–Crippen MR) is 87.2 cm³/mol. The van der Waals surface area contributed by atoms with Crippen molar-refractivity contribution in [3.05, 3.63) is 40.9 Å². The van der Waals surface area contributed by atoms with Gasteiger partial charge in [0, 0.05) is 18.8 Å². The SMILES string of the molecule is CN(CCCn1cncn1)CC(=O)Nc1ccc(Cl)c(Cl)c1. The van der Waals surface area contributed by atoms with E-state index in [0.717, 1.165) is 19.5 Å². The van der Waals surface area contributed by atoms with Crippen molar-refractivity contribution in [1.82, 2.24) is 19.7 Å². The van der Waals surface area contributed by atoms with Crippen molar-refractivity contribution >= 4 is 34.8 Å². The number of carbonyl (C=O) groups is 1. The molecule has 0 atom stereocenters. The molecule has 0 saturated heterocycles. The Morgan fingerprint density at radius 3 is 2.86 bits per heavy atom. The summed E-state index contributed by atoms with van der Waals surface area (Å²) in [6, 6.07) is 5.00. The molecule has 1 aromatic heterocycles. The van der Waals surface area contributed by atoms with Gasteiger partial charge in [-0.2, -0.15) is 5.10 Å². The molecule has 0 aliphatic rings. The molecule has 22 heavy (non-hydrogen) atoms. The second-order valence-electron chi connectivity index (χ2n) is 4.93. The molecule has 1 amide bonds. The molecule has 0 aliphatic carbocycles. The summed E-state index contributed by atoms with van der Waals surface area (Å²) in [5.74, 6) is -0.0957. The fraction of sp³-hybridized carbons (Fsp3) is 0.357. The second kappa shape index (κ2) is 8.12. The molecule has 118 valence electrons. The van der Waals surface area contributed by atoms with Gasteiger partial charge in [-0.3, -0.25) is 14.4 Å². The molecule has 1 N–H and O–H groups in total. The summed E-state index contributed by atoms with van der Waals surface area (Å²) in [7, 11) is 1.90. The molecular weight excluding hydrogens is 325 g/mol. The molecule has 0 bridgehead atoms. The third-order valence-electron chi connectivity index (χ3n) is 3.01. The Morgan fingerprint density at radius 2 is 2.18 bits per heavy atom. The highest BCUT2D eigenvalue weighted by Gasteiger charge is 2.08. The van der Waals surface area contributed by atoms with Crippen LogP contribution in [-0.4, -0.2) is 45.7 Å². The van der Waals surface area contributed by atoms with Gasteiger partial charge in [0.1, 0.15) is 12.7 Å². The van der Waals surface area contributed by atoms with Crippen LogP contribution < -0.4 is 5.32 Å². The highest BCUT2D eigenvalue weighted by atomic mass is 35.5. The second-order valence-corrected chi connectivity index (χ2v) is 5.74. The minimum atomic E-state index is -0.0957. The predicted octanol–water partition coefficient (Wildman–Crippen LogP) is 2.55. The number of aromatic nitrogens is 3. The van der Waals surface area contributed by atoms with Crippen molar-refractivity contribution in [2.45, 2.75) is 13.0 Å². The Bertz CT molecular complexity index is 618. The number of aryl methyl sites for hydroxylation is 1. The molecule has 1 aromatic carbocycles. The van der Waals surface area contributed by atoms with Crippen molar-refractivity contribution in [3.8, 4) is 0 Å². The number of benzene rings is 1. The number of anilines is 1. The third-order valence-corrected chi connectivity index (χ3v) is 3.75. The van der Waals surface area contributed by atoms with Gasteiger partial charge in [0.25, 0.3) is 0 Å². The van der Waals surface area contributed by atoms with Crippen LogP contribution in [-0.2, 0) is 11.3 Å². The lowest BCUT2D eigenvalue weighted by atomic mass is 10.3. The summed E-state index contributed by atoms with van der Waals surface area (Å²) in [5.41, 5.74) is 0.635. The molecule has 0 aliphatic heterocycles. The highest BCUT2D eigenvalue weighted by molar-refractivity contribution is 6.42. The standard InChI is InChI=1S/C14H17Cl2N5O/c1-20(5-2-6-21-10-17-9-18-21)8-14(22)19-11-3-4-12(15)13(16)7-11/h3-4,7,9-10H,2,5-6,8H2,1H3,(H,19,22). The fourth-order valence-corrected chi connectivity index (χ4v) is 2.25. The normalized spacial score (nSPS) is 10.9. The van der Waals surface area contributed by atoms with Crippen molar-refractivity contribution in [2.24, 2.45) is 0 Å². The van der Waals surface area contributed by atoms with Gasteiger partial charge < -0.3 is 5.32 Å². The fourth-order valence-electron chi connectivity index (χ4n) is 1.95. The van der Waals surface area contributed by atoms with Crippen molar-refractivity contribution in [1.29, 1.82) is 0 Å². The van der Waals surface area contributed by atoms with Gasteiger partial charge in [0.05, 0.1) is 16.6 Å². The first-order valence-corrected chi connectivity index (χ1v) is 7.56. The highest BCUT2D eigenvalue weighted by Crippen LogP contribution is 2.24. The molecule has 2 rings (SSSR count). The van der Waals surface area contributed by atoms with Crippen LogP contribution in [0.4, 0.5) is 5.69 Å². The molecule has 0 unspecified atom stereocenters. The molecule has 2 aromatic rings. The van der Waals surface area contributed by atoms with Crippen molar-refractivity contribution in [2.75, 3.05) is 25.5 Å². The van der Waals surface area contributed by atoms with E-state index in [2.05, 4.69) is 15.4 Å². The summed E-state index contributed by atoms with van der Waals surface area (Å²) in [4.78, 5) is 17.8. The van der Waals surface area contributed by atoms with Gasteiger partial charge in [0.2, 0.25) is 5.91 Å². The van der Waals surface area contributed by atoms with Crippen LogP contribution in [0.3, 0.4) is 0 Å². The number of amides is 1. The average Bonchev–Trinajstić information content (AvgIpc) is 2.96. The maximum absolute atomic E-state index is 12.0. The maximum Gasteiger partial charge on any atom is 0.238 e. The van der Waals surface area contributed by atoms with E-state index < -0.39 is 0 Å². The lowest BCUT2D eigenvalue weighted by Crippen LogP contribution is -2.31. The van der Waals surface area contributed by atoms with Crippen molar-refractivity contribution < 1.29 is 4.79 Å². The van der Waals surface area contributed by atoms with Crippen LogP contribution in [0.5, 0.6) is 0 Å². The van der Waals surface area contributed by atoms with E-state index in [4.69, 9.17) is 23.2 Å². The zero-order valence-electron chi connectivity index (χ0n) is 12.2. The first kappa shape index (κ1) is 16.7. The quantitative estimate of drug-likeness (QED) is 0.840. The minimum Gasteiger partial charge on any atom is -0.325 e. The Kier molecular flexibility index (Phi) is 6.18. The molecule has 0 spiro atoms. The molecule has 6 nitrogen and oxygen atoms in total. The number of hydrogen-bond acceptors (Lipinski definition) is 4. The Hall–Kier alpha value is -1.63. The van der Waals surface area contributed by atoms with Crippen LogP contribution in [0.1, 0.15) is 6.42 Å². The molecule has 1 heterocycles. The van der Waals surface area contributed by atoms with Crippen LogP contribution in [0.25, 0.3) is 0 Å². The van der Waals surface area contributed by atoms with E-state index in [0.29, 0.717) is 22.3 Å². The van der Waals surface area contributed by atoms with Crippen LogP contribution in [0, 0.1) is 0 Å². The van der Waals surface area contributed by atoms with Gasteiger partial charge in [-0.25, -0.2) is 4.98 Å². The van der Waals surface area contributed by atoms with Crippen LogP contribution >= 0.6 is 23.2 Å². The number of carbonyl (C=O) groups excluding carboxylic acids is 1. The molecule has 8 heteroatoms. The first-order valence-electron chi connectivity index (χ1n) is 6.80. The Morgan fingerprint density at radius 1 is 1.36 bits per heavy atom. The number of halogens is 2. The number of nitrogens with one attached hydrogen (secondary N) is 1. The van der Waals surface area contributed by atoms with Gasteiger partial charge in [-0.05, 0) is 31.7 Å². The van der Waals surface area contributed by atoms with E-state index in [9.17, 15) is 4.79 Å². The smallest absolute Gasteiger partial charge is 0.238 e. The summed E-state index contributed by atoms with van der Waals surface area (Å²) in [5, 5.41) is 7.70. The van der Waals surface area contributed by atoms with Gasteiger partial charge in [-0.1, -0.05) is 23.2 Å². The van der Waals surface area contributed by atoms with E-state index in [-0.39, 0.29) is 5.91 Å². The van der Waals surface area contributed by atoms with E-state index >= 15 is 0 Å². The summed E-state index contributed by atoms with van der Waals surface area (Å²) in [6.45, 7) is 1.87. The van der Waals surface area contributed by atoms with E-state index in [1.54, 1.807) is 29.2 Å². The maximum atomic E-state index is 12.0. The molecule has 0 saturated carbocycles. The minimum absolute atomic E-state index is 0.0957. The third kappa shape index (κ3) is 5.29. The summed E-state index contributed by atoms with van der Waals surface area (Å²) >= 11 is 11.7. The Balaban J connectivity index is 1.72. The van der Waals surface area contributed by atoms with Crippen LogP contribution in [0.15, 0.2) is 30.9 Å². The van der Waals surface area contributed by atoms with Gasteiger partial charge in [0.15, 0.2) is 0 Å². The first-order chi connectivity index (χ1) is 10.5. The van der Waals surface area contributed by atoms with E-state index in [1.165, 1.54) is 6.33 Å². The number of hydrogen-bond donors (Lipinski definition) is 1. The van der Waals surface area contributed by atoms with Gasteiger partial charge >= 0.3 is 0 Å². The lowest BCUT2D eigenvalue weighted by molar-refractivity contribution is -0.117. The topological polar surface area (TPSA) is 63.1 Å². The monoisotopic (exact) mass is 341 g/mol. The molecule has 0 fully saturated rings. The number of nitrogens with zero attached hydrogens (tertiary/aromatic N) is 4. The zero-order chi connectivity index (χ0) is 15.9. The summed E-state index contributed by atoms with van der Waals surface area (Å²) < 4.78 is 1.77. The van der Waals surface area contributed by atoms with Gasteiger partial charge in [-0.15, -0.1) is 0 Å². The summed E-state index contributed by atoms with van der Waals surface area (Å²) in [6.07, 6.45) is 4.07. The number of likely N-dealkylation sites (N-methyl/N-ethyl adjacent to an activating group) is 1. The van der Waals surface area contributed by atoms with Crippen molar-refractivity contribution in [3.63, 3.8) is 0 Å². The van der Waals surface area contributed by atoms with Crippen LogP contribution in [0.2, 0.25) is 10.0 Å². The van der Waals surface area contributed by atoms with E-state index in [1.807, 2.05) is 11.9 Å².